The molecule has 1 heterocycles. The molecule has 0 bridgehead atoms. The van der Waals surface area contributed by atoms with Gasteiger partial charge in [-0.1, -0.05) is 0 Å². The van der Waals surface area contributed by atoms with E-state index in [4.69, 9.17) is 9.84 Å². The third kappa shape index (κ3) is 3.15. The van der Waals surface area contributed by atoms with Crippen molar-refractivity contribution in [3.63, 3.8) is 0 Å². The number of β-amino-alcohol motifs (C(OH)–C–C–N with tert-alkyl or cyclic N) is 1. The van der Waals surface area contributed by atoms with Crippen LogP contribution >= 0.6 is 0 Å². The summed E-state index contributed by atoms with van der Waals surface area (Å²) in [5.41, 5.74) is -1.56. The van der Waals surface area contributed by atoms with Crippen molar-refractivity contribution in [2.45, 2.75) is 18.6 Å². The maximum atomic E-state index is 11.3. The molecule has 1 saturated heterocycles. The first kappa shape index (κ1) is 13.4. The summed E-state index contributed by atoms with van der Waals surface area (Å²) < 4.78 is 9.72. The van der Waals surface area contributed by atoms with Gasteiger partial charge in [-0.15, -0.1) is 0 Å². The number of ether oxygens (including phenoxy) is 2. The first-order valence-corrected chi connectivity index (χ1v) is 5.24. The van der Waals surface area contributed by atoms with Crippen molar-refractivity contribution in [2.75, 3.05) is 40.0 Å². The SMILES string of the molecule is COC(=O)C(C)(O)CN1CCOCC1CO. The summed E-state index contributed by atoms with van der Waals surface area (Å²) in [6.45, 7) is 3.01. The van der Waals surface area contributed by atoms with E-state index in [9.17, 15) is 9.90 Å². The van der Waals surface area contributed by atoms with E-state index >= 15 is 0 Å². The molecule has 0 saturated carbocycles. The number of nitrogens with zero attached hydrogens (tertiary/aromatic N) is 1. The van der Waals surface area contributed by atoms with Gasteiger partial charge in [0.05, 0.1) is 33.0 Å². The molecular formula is C10H19NO5. The van der Waals surface area contributed by atoms with Gasteiger partial charge in [0.2, 0.25) is 0 Å². The van der Waals surface area contributed by atoms with Crippen LogP contribution in [0.3, 0.4) is 0 Å². The number of carbonyl (C=O) groups excluding carboxylic acids is 1. The number of aliphatic hydroxyl groups excluding tert-OH is 1. The second-order valence-corrected chi connectivity index (χ2v) is 4.15. The highest BCUT2D eigenvalue weighted by atomic mass is 16.5. The van der Waals surface area contributed by atoms with Crippen molar-refractivity contribution in [3.05, 3.63) is 0 Å². The van der Waals surface area contributed by atoms with E-state index in [0.29, 0.717) is 19.8 Å². The molecule has 0 aromatic rings. The third-order valence-electron chi connectivity index (χ3n) is 2.70. The van der Waals surface area contributed by atoms with Crippen molar-refractivity contribution < 1.29 is 24.5 Å². The molecule has 2 unspecified atom stereocenters. The van der Waals surface area contributed by atoms with Crippen LogP contribution in [-0.4, -0.2) is 72.7 Å². The van der Waals surface area contributed by atoms with Crippen LogP contribution in [0.2, 0.25) is 0 Å². The molecule has 0 spiro atoms. The van der Waals surface area contributed by atoms with Gasteiger partial charge in [0.25, 0.3) is 0 Å². The second-order valence-electron chi connectivity index (χ2n) is 4.15. The molecule has 0 aromatic carbocycles. The molecule has 16 heavy (non-hydrogen) atoms. The van der Waals surface area contributed by atoms with Crippen molar-refractivity contribution in [2.24, 2.45) is 0 Å². The number of rotatable bonds is 4. The highest BCUT2D eigenvalue weighted by molar-refractivity contribution is 5.78. The fourth-order valence-corrected chi connectivity index (χ4v) is 1.75. The van der Waals surface area contributed by atoms with Crippen LogP contribution in [0.15, 0.2) is 0 Å². The van der Waals surface area contributed by atoms with E-state index in [1.807, 2.05) is 4.90 Å². The van der Waals surface area contributed by atoms with Crippen molar-refractivity contribution in [1.29, 1.82) is 0 Å². The lowest BCUT2D eigenvalue weighted by Gasteiger charge is -2.37. The van der Waals surface area contributed by atoms with Gasteiger partial charge in [-0.2, -0.15) is 0 Å². The molecule has 2 N–H and O–H groups in total. The topological polar surface area (TPSA) is 79.2 Å². The molecule has 0 aliphatic carbocycles. The summed E-state index contributed by atoms with van der Waals surface area (Å²) in [4.78, 5) is 13.1. The Labute approximate surface area is 94.8 Å². The van der Waals surface area contributed by atoms with Crippen molar-refractivity contribution in [1.82, 2.24) is 4.90 Å². The zero-order valence-electron chi connectivity index (χ0n) is 9.68. The Morgan fingerprint density at radius 1 is 1.69 bits per heavy atom. The van der Waals surface area contributed by atoms with Crippen LogP contribution in [0.1, 0.15) is 6.92 Å². The molecular weight excluding hydrogens is 214 g/mol. The van der Waals surface area contributed by atoms with Gasteiger partial charge in [0, 0.05) is 13.1 Å². The predicted octanol–water partition coefficient (Wildman–Crippen LogP) is -1.40. The molecule has 2 atom stereocenters. The highest BCUT2D eigenvalue weighted by Crippen LogP contribution is 2.14. The summed E-state index contributed by atoms with van der Waals surface area (Å²) in [5, 5.41) is 19.0. The number of morpholine rings is 1. The minimum absolute atomic E-state index is 0.0583. The van der Waals surface area contributed by atoms with Crippen LogP contribution in [0, 0.1) is 0 Å². The maximum Gasteiger partial charge on any atom is 0.338 e. The number of carbonyl (C=O) groups is 1. The van der Waals surface area contributed by atoms with E-state index < -0.39 is 11.6 Å². The Hall–Kier alpha value is -0.690. The molecule has 94 valence electrons. The monoisotopic (exact) mass is 233 g/mol. The highest BCUT2D eigenvalue weighted by Gasteiger charge is 2.36. The van der Waals surface area contributed by atoms with Crippen LogP contribution in [0.25, 0.3) is 0 Å². The average molecular weight is 233 g/mol. The molecule has 1 fully saturated rings. The predicted molar refractivity (Wildman–Crippen MR) is 55.9 cm³/mol. The van der Waals surface area contributed by atoms with Gasteiger partial charge < -0.3 is 19.7 Å². The first-order chi connectivity index (χ1) is 7.51. The minimum atomic E-state index is -1.56. The minimum Gasteiger partial charge on any atom is -0.467 e. The molecule has 1 rings (SSSR count). The summed E-state index contributed by atoms with van der Waals surface area (Å²) in [5.74, 6) is -0.671. The quantitative estimate of drug-likeness (QED) is 0.582. The van der Waals surface area contributed by atoms with E-state index in [0.717, 1.165) is 0 Å². The Morgan fingerprint density at radius 2 is 2.38 bits per heavy atom. The molecule has 1 aliphatic heterocycles. The van der Waals surface area contributed by atoms with Crippen molar-refractivity contribution in [3.8, 4) is 0 Å². The summed E-state index contributed by atoms with van der Waals surface area (Å²) in [6, 6.07) is -0.176. The summed E-state index contributed by atoms with van der Waals surface area (Å²) in [6.07, 6.45) is 0. The van der Waals surface area contributed by atoms with Crippen LogP contribution < -0.4 is 0 Å². The Kier molecular flexibility index (Phi) is 4.67. The lowest BCUT2D eigenvalue weighted by molar-refractivity contribution is -0.165. The smallest absolute Gasteiger partial charge is 0.338 e. The van der Waals surface area contributed by atoms with Gasteiger partial charge in [-0.3, -0.25) is 4.90 Å². The van der Waals surface area contributed by atoms with Gasteiger partial charge in [-0.25, -0.2) is 4.79 Å². The average Bonchev–Trinajstić information content (AvgIpc) is 2.28. The Bertz CT molecular complexity index is 243. The van der Waals surface area contributed by atoms with Gasteiger partial charge >= 0.3 is 5.97 Å². The summed E-state index contributed by atoms with van der Waals surface area (Å²) in [7, 11) is 1.24. The van der Waals surface area contributed by atoms with Crippen LogP contribution in [0.4, 0.5) is 0 Å². The largest absolute Gasteiger partial charge is 0.467 e. The fourth-order valence-electron chi connectivity index (χ4n) is 1.75. The Morgan fingerprint density at radius 3 is 2.94 bits per heavy atom. The molecule has 0 aromatic heterocycles. The Balaban J connectivity index is 2.60. The van der Waals surface area contributed by atoms with E-state index in [2.05, 4.69) is 4.74 Å². The first-order valence-electron chi connectivity index (χ1n) is 5.24. The zero-order valence-corrected chi connectivity index (χ0v) is 9.68. The van der Waals surface area contributed by atoms with Gasteiger partial charge in [0.15, 0.2) is 5.60 Å². The standard InChI is InChI=1S/C10H19NO5/c1-10(14,9(13)15-2)7-11-3-4-16-6-8(11)5-12/h8,12,14H,3-7H2,1-2H3. The third-order valence-corrected chi connectivity index (χ3v) is 2.70. The van der Waals surface area contributed by atoms with E-state index in [-0.39, 0.29) is 19.2 Å². The number of methoxy groups -OCH3 is 1. The number of aliphatic hydroxyl groups is 2. The number of hydrogen-bond donors (Lipinski definition) is 2. The van der Waals surface area contributed by atoms with Gasteiger partial charge in [0.1, 0.15) is 0 Å². The number of esters is 1. The molecule has 0 radical (unpaired) electrons. The zero-order chi connectivity index (χ0) is 12.2. The molecule has 6 heteroatoms. The van der Waals surface area contributed by atoms with E-state index in [1.54, 1.807) is 0 Å². The van der Waals surface area contributed by atoms with Crippen molar-refractivity contribution >= 4 is 5.97 Å². The molecule has 1 aliphatic rings. The van der Waals surface area contributed by atoms with E-state index in [1.165, 1.54) is 14.0 Å². The number of hydrogen-bond acceptors (Lipinski definition) is 6. The lowest BCUT2D eigenvalue weighted by atomic mass is 10.1. The van der Waals surface area contributed by atoms with Crippen LogP contribution in [-0.2, 0) is 14.3 Å². The maximum absolute atomic E-state index is 11.3. The van der Waals surface area contributed by atoms with Gasteiger partial charge in [-0.05, 0) is 6.92 Å². The molecule has 6 nitrogen and oxygen atoms in total. The lowest BCUT2D eigenvalue weighted by Crippen LogP contribution is -2.55. The second kappa shape index (κ2) is 5.58. The summed E-state index contributed by atoms with van der Waals surface area (Å²) >= 11 is 0. The van der Waals surface area contributed by atoms with Crippen LogP contribution in [0.5, 0.6) is 0 Å². The fraction of sp³-hybridized carbons (Fsp3) is 0.900. The normalized spacial score (nSPS) is 26.1. The molecule has 0 amide bonds.